The van der Waals surface area contributed by atoms with E-state index in [-0.39, 0.29) is 18.0 Å². The lowest BCUT2D eigenvalue weighted by atomic mass is 10.1. The molecular weight excluding hydrogens is 320 g/mol. The summed E-state index contributed by atoms with van der Waals surface area (Å²) in [6, 6.07) is 7.58. The topological polar surface area (TPSA) is 85.9 Å². The summed E-state index contributed by atoms with van der Waals surface area (Å²) < 4.78 is 3.23. The molecule has 1 aliphatic rings. The van der Waals surface area contributed by atoms with Crippen molar-refractivity contribution >= 4 is 16.7 Å². The predicted molar refractivity (Wildman–Crippen MR) is 90.9 cm³/mol. The van der Waals surface area contributed by atoms with Crippen molar-refractivity contribution in [2.24, 2.45) is 0 Å². The van der Waals surface area contributed by atoms with Gasteiger partial charge in [0.15, 0.2) is 0 Å². The predicted octanol–water partition coefficient (Wildman–Crippen LogP) is 0.852. The van der Waals surface area contributed by atoms with Crippen LogP contribution in [0.25, 0.3) is 10.8 Å². The van der Waals surface area contributed by atoms with Gasteiger partial charge in [-0.05, 0) is 18.9 Å². The Morgan fingerprint density at radius 2 is 1.84 bits per heavy atom. The Morgan fingerprint density at radius 3 is 2.60 bits per heavy atom. The van der Waals surface area contributed by atoms with Gasteiger partial charge in [-0.1, -0.05) is 18.2 Å². The normalized spacial score (nSPS) is 15.6. The second-order valence-electron chi connectivity index (χ2n) is 6.22. The van der Waals surface area contributed by atoms with Crippen molar-refractivity contribution < 1.29 is 4.79 Å². The van der Waals surface area contributed by atoms with E-state index in [1.165, 1.54) is 4.68 Å². The largest absolute Gasteiger partial charge is 0.341 e. The Morgan fingerprint density at radius 1 is 1.12 bits per heavy atom. The lowest BCUT2D eigenvalue weighted by molar-refractivity contribution is -0.133. The van der Waals surface area contributed by atoms with Gasteiger partial charge in [-0.25, -0.2) is 4.68 Å². The van der Waals surface area contributed by atoms with E-state index in [4.69, 9.17) is 0 Å². The second-order valence-corrected chi connectivity index (χ2v) is 6.22. The molecule has 1 amide bonds. The first kappa shape index (κ1) is 15.5. The van der Waals surface area contributed by atoms with E-state index in [9.17, 15) is 9.59 Å². The van der Waals surface area contributed by atoms with E-state index >= 15 is 0 Å². The maximum atomic E-state index is 12.5. The molecule has 8 nitrogen and oxygen atoms in total. The van der Waals surface area contributed by atoms with Crippen LogP contribution in [0.1, 0.15) is 18.9 Å². The summed E-state index contributed by atoms with van der Waals surface area (Å²) in [5.41, 5.74) is -0.231. The van der Waals surface area contributed by atoms with Crippen molar-refractivity contribution in [1.29, 1.82) is 0 Å². The van der Waals surface area contributed by atoms with Gasteiger partial charge < -0.3 is 9.47 Å². The minimum Gasteiger partial charge on any atom is -0.341 e. The summed E-state index contributed by atoms with van der Waals surface area (Å²) >= 11 is 0. The molecule has 0 bridgehead atoms. The molecule has 1 fully saturated rings. The third-order valence-corrected chi connectivity index (χ3v) is 4.72. The van der Waals surface area contributed by atoms with E-state index in [2.05, 4.69) is 15.3 Å². The van der Waals surface area contributed by atoms with Gasteiger partial charge in [0, 0.05) is 24.5 Å². The maximum Gasteiger partial charge on any atom is 0.275 e. The summed E-state index contributed by atoms with van der Waals surface area (Å²) in [5.74, 6) is -0.0768. The molecule has 0 spiro atoms. The number of carbonyl (C=O) groups is 1. The first-order valence-electron chi connectivity index (χ1n) is 8.29. The molecule has 3 heterocycles. The van der Waals surface area contributed by atoms with Gasteiger partial charge in [-0.3, -0.25) is 9.59 Å². The molecule has 25 heavy (non-hydrogen) atoms. The van der Waals surface area contributed by atoms with E-state index in [0.717, 1.165) is 18.2 Å². The highest BCUT2D eigenvalue weighted by molar-refractivity contribution is 5.81. The van der Waals surface area contributed by atoms with E-state index in [1.54, 1.807) is 29.8 Å². The molecule has 2 aromatic heterocycles. The molecule has 0 atom stereocenters. The SMILES string of the molecule is O=C(Cn1ncc2ccccc2c1=O)N1CCC(n2cnnc2)CC1. The highest BCUT2D eigenvalue weighted by Gasteiger charge is 2.24. The average Bonchev–Trinajstić information content (AvgIpc) is 3.19. The summed E-state index contributed by atoms with van der Waals surface area (Å²) in [6.07, 6.45) is 6.75. The zero-order chi connectivity index (χ0) is 17.2. The number of rotatable bonds is 3. The van der Waals surface area contributed by atoms with Crippen LogP contribution in [-0.4, -0.2) is 48.4 Å². The van der Waals surface area contributed by atoms with Gasteiger partial charge in [0.1, 0.15) is 19.2 Å². The monoisotopic (exact) mass is 338 g/mol. The smallest absolute Gasteiger partial charge is 0.275 e. The minimum atomic E-state index is -0.231. The van der Waals surface area contributed by atoms with Crippen LogP contribution >= 0.6 is 0 Å². The number of aromatic nitrogens is 5. The number of hydrogen-bond donors (Lipinski definition) is 0. The average molecular weight is 338 g/mol. The molecular formula is C17H18N6O2. The van der Waals surface area contributed by atoms with Crippen LogP contribution in [0.5, 0.6) is 0 Å². The minimum absolute atomic E-state index is 0.0268. The van der Waals surface area contributed by atoms with Gasteiger partial charge >= 0.3 is 0 Å². The van der Waals surface area contributed by atoms with Crippen LogP contribution in [-0.2, 0) is 11.3 Å². The fourth-order valence-corrected chi connectivity index (χ4v) is 3.28. The Labute approximate surface area is 143 Å². The molecule has 0 radical (unpaired) electrons. The van der Waals surface area contributed by atoms with E-state index < -0.39 is 0 Å². The van der Waals surface area contributed by atoms with Gasteiger partial charge in [0.05, 0.1) is 11.6 Å². The molecule has 0 saturated carbocycles. The Bertz CT molecular complexity index is 941. The third kappa shape index (κ3) is 3.02. The zero-order valence-corrected chi connectivity index (χ0v) is 13.7. The van der Waals surface area contributed by atoms with Crippen molar-refractivity contribution in [3.63, 3.8) is 0 Å². The quantitative estimate of drug-likeness (QED) is 0.707. The molecule has 0 N–H and O–H groups in total. The molecule has 3 aromatic rings. The molecule has 8 heteroatoms. The van der Waals surface area contributed by atoms with Crippen LogP contribution in [0.15, 0.2) is 47.9 Å². The first-order chi connectivity index (χ1) is 12.2. The van der Waals surface area contributed by atoms with Crippen LogP contribution in [0.4, 0.5) is 0 Å². The number of nitrogens with zero attached hydrogens (tertiary/aromatic N) is 6. The van der Waals surface area contributed by atoms with E-state index in [0.29, 0.717) is 24.5 Å². The Balaban J connectivity index is 1.44. The molecule has 1 aromatic carbocycles. The number of fused-ring (bicyclic) bond motifs is 1. The third-order valence-electron chi connectivity index (χ3n) is 4.72. The fraction of sp³-hybridized carbons (Fsp3) is 0.353. The fourth-order valence-electron chi connectivity index (χ4n) is 3.28. The van der Waals surface area contributed by atoms with Crippen molar-refractivity contribution in [2.45, 2.75) is 25.4 Å². The van der Waals surface area contributed by atoms with Crippen LogP contribution < -0.4 is 5.56 Å². The van der Waals surface area contributed by atoms with Gasteiger partial charge in [0.25, 0.3) is 5.56 Å². The highest BCUT2D eigenvalue weighted by atomic mass is 16.2. The summed E-state index contributed by atoms with van der Waals surface area (Å²) in [6.45, 7) is 1.29. The molecule has 4 rings (SSSR count). The number of likely N-dealkylation sites (tertiary alicyclic amines) is 1. The van der Waals surface area contributed by atoms with Crippen molar-refractivity contribution in [2.75, 3.05) is 13.1 Å². The van der Waals surface area contributed by atoms with Crippen LogP contribution in [0, 0.1) is 0 Å². The van der Waals surface area contributed by atoms with Gasteiger partial charge in [-0.2, -0.15) is 5.10 Å². The zero-order valence-electron chi connectivity index (χ0n) is 13.7. The standard InChI is InChI=1S/C17H18N6O2/c24-16(21-7-5-14(6-8-21)22-11-18-19-12-22)10-23-17(25)15-4-2-1-3-13(15)9-20-23/h1-4,9,11-12,14H,5-8,10H2. The van der Waals surface area contributed by atoms with E-state index in [1.807, 2.05) is 22.8 Å². The molecule has 0 aliphatic carbocycles. The maximum absolute atomic E-state index is 12.5. The highest BCUT2D eigenvalue weighted by Crippen LogP contribution is 2.21. The second kappa shape index (κ2) is 6.46. The van der Waals surface area contributed by atoms with Gasteiger partial charge in [0.2, 0.25) is 5.91 Å². The van der Waals surface area contributed by atoms with Crippen LogP contribution in [0.3, 0.4) is 0 Å². The number of benzene rings is 1. The van der Waals surface area contributed by atoms with Gasteiger partial charge in [-0.15, -0.1) is 10.2 Å². The molecule has 1 aliphatic heterocycles. The Hall–Kier alpha value is -3.03. The summed E-state index contributed by atoms with van der Waals surface area (Å²) in [7, 11) is 0. The van der Waals surface area contributed by atoms with Crippen molar-refractivity contribution in [1.82, 2.24) is 29.4 Å². The molecule has 0 unspecified atom stereocenters. The summed E-state index contributed by atoms with van der Waals surface area (Å²) in [4.78, 5) is 26.8. The molecule has 128 valence electrons. The first-order valence-corrected chi connectivity index (χ1v) is 8.29. The Kier molecular flexibility index (Phi) is 4.01. The van der Waals surface area contributed by atoms with Crippen LogP contribution in [0.2, 0.25) is 0 Å². The van der Waals surface area contributed by atoms with Crippen molar-refractivity contribution in [3.8, 4) is 0 Å². The lowest BCUT2D eigenvalue weighted by Crippen LogP contribution is -2.42. The summed E-state index contributed by atoms with van der Waals surface area (Å²) in [5, 5.41) is 13.2. The lowest BCUT2D eigenvalue weighted by Gasteiger charge is -2.32. The molecule has 1 saturated heterocycles. The number of hydrogen-bond acceptors (Lipinski definition) is 5. The number of amides is 1. The number of carbonyl (C=O) groups excluding carboxylic acids is 1. The number of piperidine rings is 1. The van der Waals surface area contributed by atoms with Crippen molar-refractivity contribution in [3.05, 3.63) is 53.5 Å².